The number of carbonyl (C=O) groups excluding carboxylic acids is 1. The Hall–Kier alpha value is -1.88. The van der Waals surface area contributed by atoms with Crippen LogP contribution in [0.15, 0.2) is 23.4 Å². The quantitative estimate of drug-likeness (QED) is 0.636. The maximum absolute atomic E-state index is 12.7. The lowest BCUT2D eigenvalue weighted by Crippen LogP contribution is -2.47. The third-order valence-corrected chi connectivity index (χ3v) is 5.84. The topological polar surface area (TPSA) is 52.6 Å². The number of hydrogen-bond donors (Lipinski definition) is 2. The minimum atomic E-state index is -0.323. The summed E-state index contributed by atoms with van der Waals surface area (Å²) in [5.74, 6) is 0.371. The molecule has 160 valence electrons. The molecule has 2 N–H and O–H groups in total. The lowest BCUT2D eigenvalue weighted by molar-refractivity contribution is -0.114. The first-order valence-corrected chi connectivity index (χ1v) is 10.8. The fraction of sp³-hybridized carbons (Fsp3) is 0.583. The Bertz CT molecular complexity index is 822. The summed E-state index contributed by atoms with van der Waals surface area (Å²) >= 11 is 5.64. The molecule has 1 aromatic rings. The van der Waals surface area contributed by atoms with Crippen LogP contribution in [0.1, 0.15) is 91.5 Å². The number of thiocarbonyl (C=S) groups is 1. The maximum atomic E-state index is 12.7. The summed E-state index contributed by atoms with van der Waals surface area (Å²) in [4.78, 5) is 14.7. The lowest BCUT2D eigenvalue weighted by atomic mass is 9.77. The summed E-state index contributed by atoms with van der Waals surface area (Å²) in [6.45, 7) is 19.0. The average molecular weight is 417 g/mol. The molecule has 5 heteroatoms. The van der Waals surface area contributed by atoms with Crippen molar-refractivity contribution < 1.29 is 9.90 Å². The number of ketones is 1. The molecule has 0 saturated carbocycles. The molecule has 4 nitrogen and oxygen atoms in total. The number of carbonyl (C=O) groups is 1. The molecule has 0 amide bonds. The number of phenolic OH excluding ortho intramolecular Hbond substituents is 1. The summed E-state index contributed by atoms with van der Waals surface area (Å²) in [7, 11) is 0. The van der Waals surface area contributed by atoms with Gasteiger partial charge in [0, 0.05) is 17.8 Å². The number of nitrogens with one attached hydrogen (secondary N) is 1. The lowest BCUT2D eigenvalue weighted by Gasteiger charge is -2.38. The highest BCUT2D eigenvalue weighted by Crippen LogP contribution is 2.42. The number of phenols is 1. The Balaban J connectivity index is 2.78. The SMILES string of the molecule is CCCN1C(=S)NC(c2cc(C(C)(C)C)c(O)c(C(C)(C)C)c2)C(C(C)=O)=C1C. The average Bonchev–Trinajstić information content (AvgIpc) is 2.55. The minimum Gasteiger partial charge on any atom is -0.507 e. The van der Waals surface area contributed by atoms with E-state index in [1.54, 1.807) is 6.92 Å². The number of allylic oxidation sites excluding steroid dienone is 1. The van der Waals surface area contributed by atoms with Gasteiger partial charge in [0.1, 0.15) is 5.75 Å². The first kappa shape index (κ1) is 23.4. The fourth-order valence-corrected chi connectivity index (χ4v) is 4.29. The first-order valence-electron chi connectivity index (χ1n) is 10.4. The van der Waals surface area contributed by atoms with E-state index in [4.69, 9.17) is 12.2 Å². The van der Waals surface area contributed by atoms with Crippen LogP contribution in [-0.2, 0) is 15.6 Å². The summed E-state index contributed by atoms with van der Waals surface area (Å²) in [5.41, 5.74) is 3.89. The van der Waals surface area contributed by atoms with Gasteiger partial charge in [0.15, 0.2) is 10.9 Å². The van der Waals surface area contributed by atoms with Gasteiger partial charge in [-0.25, -0.2) is 0 Å². The summed E-state index contributed by atoms with van der Waals surface area (Å²) in [5, 5.41) is 15.1. The van der Waals surface area contributed by atoms with Crippen LogP contribution < -0.4 is 5.32 Å². The molecule has 1 aliphatic rings. The minimum absolute atomic E-state index is 0.0336. The smallest absolute Gasteiger partial charge is 0.173 e. The summed E-state index contributed by atoms with van der Waals surface area (Å²) in [6.07, 6.45) is 0.941. The molecule has 0 aromatic heterocycles. The molecule has 1 aromatic carbocycles. The largest absolute Gasteiger partial charge is 0.507 e. The zero-order valence-electron chi connectivity index (χ0n) is 19.4. The monoisotopic (exact) mass is 416 g/mol. The van der Waals surface area contributed by atoms with E-state index in [0.717, 1.165) is 40.9 Å². The van der Waals surface area contributed by atoms with Crippen molar-refractivity contribution in [2.24, 2.45) is 0 Å². The van der Waals surface area contributed by atoms with Crippen molar-refractivity contribution in [3.8, 4) is 5.75 Å². The second kappa shape index (κ2) is 8.10. The predicted octanol–water partition coefficient (Wildman–Crippen LogP) is 5.49. The van der Waals surface area contributed by atoms with Crippen molar-refractivity contribution in [2.45, 2.75) is 85.6 Å². The van der Waals surface area contributed by atoms with Crippen LogP contribution in [0.5, 0.6) is 5.75 Å². The Morgan fingerprint density at radius 2 is 1.62 bits per heavy atom. The van der Waals surface area contributed by atoms with Gasteiger partial charge >= 0.3 is 0 Å². The van der Waals surface area contributed by atoms with E-state index >= 15 is 0 Å². The zero-order valence-corrected chi connectivity index (χ0v) is 20.2. The number of hydrogen-bond acceptors (Lipinski definition) is 3. The van der Waals surface area contributed by atoms with E-state index in [-0.39, 0.29) is 22.7 Å². The van der Waals surface area contributed by atoms with Gasteiger partial charge < -0.3 is 15.3 Å². The number of benzene rings is 1. The molecule has 29 heavy (non-hydrogen) atoms. The van der Waals surface area contributed by atoms with Crippen molar-refractivity contribution in [3.05, 3.63) is 40.1 Å². The van der Waals surface area contributed by atoms with Gasteiger partial charge in [-0.2, -0.15) is 0 Å². The molecule has 0 aliphatic carbocycles. The summed E-state index contributed by atoms with van der Waals surface area (Å²) in [6, 6.07) is 3.73. The molecule has 0 bridgehead atoms. The van der Waals surface area contributed by atoms with E-state index < -0.39 is 0 Å². The molecule has 0 spiro atoms. The maximum Gasteiger partial charge on any atom is 0.173 e. The van der Waals surface area contributed by atoms with Crippen LogP contribution in [0.4, 0.5) is 0 Å². The molecule has 1 aliphatic heterocycles. The van der Waals surface area contributed by atoms with E-state index in [2.05, 4.69) is 53.8 Å². The first-order chi connectivity index (χ1) is 13.2. The van der Waals surface area contributed by atoms with Gasteiger partial charge in [0.2, 0.25) is 0 Å². The van der Waals surface area contributed by atoms with Crippen molar-refractivity contribution in [2.75, 3.05) is 6.54 Å². The number of nitrogens with zero attached hydrogens (tertiary/aromatic N) is 1. The Morgan fingerprint density at radius 1 is 1.14 bits per heavy atom. The summed E-state index contributed by atoms with van der Waals surface area (Å²) < 4.78 is 0. The molecule has 0 radical (unpaired) electrons. The van der Waals surface area contributed by atoms with E-state index in [1.807, 2.05) is 24.0 Å². The molecule has 1 heterocycles. The van der Waals surface area contributed by atoms with E-state index in [0.29, 0.717) is 10.9 Å². The number of rotatable bonds is 4. The molecule has 0 saturated heterocycles. The van der Waals surface area contributed by atoms with Gasteiger partial charge in [0.05, 0.1) is 6.04 Å². The second-order valence-electron chi connectivity index (χ2n) is 10.1. The van der Waals surface area contributed by atoms with Gasteiger partial charge in [-0.05, 0) is 72.1 Å². The highest BCUT2D eigenvalue weighted by atomic mass is 32.1. The standard InChI is InChI=1S/C24H36N2O2S/c1-10-11-26-14(2)19(15(3)27)20(25-22(26)29)16-12-17(23(4,5)6)21(28)18(13-16)24(7,8)9/h12-13,20,28H,10-11H2,1-9H3,(H,25,29). The third kappa shape index (κ3) is 4.66. The molecule has 1 unspecified atom stereocenters. The molecule has 1 atom stereocenters. The van der Waals surface area contributed by atoms with Crippen molar-refractivity contribution in [1.82, 2.24) is 10.2 Å². The van der Waals surface area contributed by atoms with Crippen LogP contribution in [0, 0.1) is 0 Å². The van der Waals surface area contributed by atoms with Gasteiger partial charge in [-0.3, -0.25) is 4.79 Å². The van der Waals surface area contributed by atoms with Crippen LogP contribution >= 0.6 is 12.2 Å². The number of aromatic hydroxyl groups is 1. The second-order valence-corrected chi connectivity index (χ2v) is 10.4. The molecule has 0 fully saturated rings. The van der Waals surface area contributed by atoms with Crippen LogP contribution in [0.2, 0.25) is 0 Å². The molecule has 2 rings (SSSR count). The van der Waals surface area contributed by atoms with Gasteiger partial charge in [-0.1, -0.05) is 48.5 Å². The van der Waals surface area contributed by atoms with Gasteiger partial charge in [-0.15, -0.1) is 0 Å². The highest BCUT2D eigenvalue weighted by Gasteiger charge is 2.34. The normalized spacial score (nSPS) is 18.2. The molecular weight excluding hydrogens is 380 g/mol. The molecular formula is C24H36N2O2S. The fourth-order valence-electron chi connectivity index (χ4n) is 3.95. The van der Waals surface area contributed by atoms with Gasteiger partial charge in [0.25, 0.3) is 0 Å². The predicted molar refractivity (Wildman–Crippen MR) is 124 cm³/mol. The van der Waals surface area contributed by atoms with Crippen LogP contribution in [0.25, 0.3) is 0 Å². The van der Waals surface area contributed by atoms with E-state index in [9.17, 15) is 9.90 Å². The third-order valence-electron chi connectivity index (χ3n) is 5.50. The van der Waals surface area contributed by atoms with Crippen LogP contribution in [0.3, 0.4) is 0 Å². The number of Topliss-reactive ketones (excluding diaryl/α,β-unsaturated/α-hetero) is 1. The Labute approximate surface area is 181 Å². The van der Waals surface area contributed by atoms with Crippen molar-refractivity contribution in [1.29, 1.82) is 0 Å². The highest BCUT2D eigenvalue weighted by molar-refractivity contribution is 7.80. The van der Waals surface area contributed by atoms with Crippen molar-refractivity contribution in [3.63, 3.8) is 0 Å². The van der Waals surface area contributed by atoms with Crippen molar-refractivity contribution >= 4 is 23.1 Å². The Morgan fingerprint density at radius 3 is 2.00 bits per heavy atom. The Kier molecular flexibility index (Phi) is 6.53. The van der Waals surface area contributed by atoms with E-state index in [1.165, 1.54) is 0 Å². The van der Waals surface area contributed by atoms with Crippen LogP contribution in [-0.4, -0.2) is 27.4 Å². The zero-order chi connectivity index (χ0) is 22.3.